The summed E-state index contributed by atoms with van der Waals surface area (Å²) in [7, 11) is 0. The van der Waals surface area contributed by atoms with Crippen molar-refractivity contribution in [2.45, 2.75) is 6.92 Å². The van der Waals surface area contributed by atoms with Crippen LogP contribution in [0.2, 0.25) is 0 Å². The maximum atomic E-state index is 12.8. The summed E-state index contributed by atoms with van der Waals surface area (Å²) in [6, 6.07) is 13.9. The summed E-state index contributed by atoms with van der Waals surface area (Å²) in [6.07, 6.45) is 0. The van der Waals surface area contributed by atoms with E-state index in [4.69, 9.17) is 5.84 Å². The molecule has 0 unspecified atom stereocenters. The molecule has 0 heterocycles. The Morgan fingerprint density at radius 1 is 1.00 bits per heavy atom. The number of nitrogens with zero attached hydrogens (tertiary/aromatic N) is 1. The summed E-state index contributed by atoms with van der Waals surface area (Å²) < 4.78 is 12.8. The summed E-state index contributed by atoms with van der Waals surface area (Å²) in [5.74, 6) is 5.72. The zero-order valence-corrected chi connectivity index (χ0v) is 9.02. The van der Waals surface area contributed by atoms with Gasteiger partial charge < -0.3 is 0 Å². The Morgan fingerprint density at radius 2 is 1.62 bits per heavy atom. The smallest absolute Gasteiger partial charge is 0.123 e. The van der Waals surface area contributed by atoms with Crippen molar-refractivity contribution in [3.8, 4) is 0 Å². The number of hydrogen-bond donors (Lipinski definition) is 1. The molecule has 2 aromatic rings. The van der Waals surface area contributed by atoms with E-state index in [9.17, 15) is 4.39 Å². The van der Waals surface area contributed by atoms with Crippen molar-refractivity contribution in [1.82, 2.24) is 0 Å². The van der Waals surface area contributed by atoms with E-state index < -0.39 is 0 Å². The molecule has 0 amide bonds. The van der Waals surface area contributed by atoms with Crippen LogP contribution in [0.3, 0.4) is 0 Å². The summed E-state index contributed by atoms with van der Waals surface area (Å²) in [4.78, 5) is 0. The lowest BCUT2D eigenvalue weighted by Gasteiger charge is -2.20. The van der Waals surface area contributed by atoms with Gasteiger partial charge in [-0.25, -0.2) is 10.2 Å². The predicted molar refractivity (Wildman–Crippen MR) is 63.9 cm³/mol. The maximum absolute atomic E-state index is 12.8. The van der Waals surface area contributed by atoms with E-state index in [1.165, 1.54) is 12.1 Å². The number of rotatable bonds is 2. The second-order valence-corrected chi connectivity index (χ2v) is 3.63. The number of benzene rings is 2. The van der Waals surface area contributed by atoms with Gasteiger partial charge in [0.15, 0.2) is 0 Å². The largest absolute Gasteiger partial charge is 0.279 e. The van der Waals surface area contributed by atoms with Gasteiger partial charge in [0.2, 0.25) is 0 Å². The molecule has 0 aliphatic heterocycles. The topological polar surface area (TPSA) is 29.3 Å². The third-order valence-corrected chi connectivity index (χ3v) is 2.48. The predicted octanol–water partition coefficient (Wildman–Crippen LogP) is 3.15. The summed E-state index contributed by atoms with van der Waals surface area (Å²) in [5, 5.41) is 1.55. The zero-order chi connectivity index (χ0) is 11.5. The molecule has 0 aliphatic carbocycles. The van der Waals surface area contributed by atoms with Crippen molar-refractivity contribution in [3.63, 3.8) is 0 Å². The van der Waals surface area contributed by atoms with Crippen molar-refractivity contribution < 1.29 is 4.39 Å². The van der Waals surface area contributed by atoms with Crippen LogP contribution < -0.4 is 10.9 Å². The zero-order valence-electron chi connectivity index (χ0n) is 9.02. The molecule has 0 radical (unpaired) electrons. The number of nitrogens with two attached hydrogens (primary N) is 1. The van der Waals surface area contributed by atoms with Crippen molar-refractivity contribution in [3.05, 3.63) is 59.9 Å². The standard InChI is InChI=1S/C13H13FN2/c1-10-4-2-3-5-13(10)16(15)12-8-6-11(14)7-9-12/h2-9H,15H2,1H3. The second-order valence-electron chi connectivity index (χ2n) is 3.63. The average Bonchev–Trinajstić information content (AvgIpc) is 2.30. The Labute approximate surface area is 94.1 Å². The Hall–Kier alpha value is -1.87. The van der Waals surface area contributed by atoms with Crippen molar-refractivity contribution in [2.24, 2.45) is 5.84 Å². The van der Waals surface area contributed by atoms with Gasteiger partial charge in [-0.3, -0.25) is 5.01 Å². The number of halogens is 1. The molecule has 0 bridgehead atoms. The molecule has 0 saturated carbocycles. The number of para-hydroxylation sites is 1. The van der Waals surface area contributed by atoms with Crippen molar-refractivity contribution in [1.29, 1.82) is 0 Å². The third-order valence-electron chi connectivity index (χ3n) is 2.48. The van der Waals surface area contributed by atoms with E-state index in [1.54, 1.807) is 17.1 Å². The highest BCUT2D eigenvalue weighted by Gasteiger charge is 2.06. The molecule has 0 saturated heterocycles. The van der Waals surface area contributed by atoms with E-state index >= 15 is 0 Å². The van der Waals surface area contributed by atoms with Gasteiger partial charge in [-0.2, -0.15) is 0 Å². The number of aryl methyl sites for hydroxylation is 1. The monoisotopic (exact) mass is 216 g/mol. The Morgan fingerprint density at radius 3 is 2.25 bits per heavy atom. The molecule has 2 aromatic carbocycles. The number of hydrazine groups is 1. The molecule has 0 aromatic heterocycles. The first-order valence-corrected chi connectivity index (χ1v) is 5.04. The van der Waals surface area contributed by atoms with Crippen LogP contribution in [0.1, 0.15) is 5.56 Å². The van der Waals surface area contributed by atoms with Crippen LogP contribution in [-0.4, -0.2) is 0 Å². The molecule has 16 heavy (non-hydrogen) atoms. The van der Waals surface area contributed by atoms with Crippen molar-refractivity contribution >= 4 is 11.4 Å². The first kappa shape index (κ1) is 10.6. The first-order chi connectivity index (χ1) is 7.68. The van der Waals surface area contributed by atoms with Gasteiger partial charge in [0.25, 0.3) is 0 Å². The fourth-order valence-corrected chi connectivity index (χ4v) is 1.57. The van der Waals surface area contributed by atoms with E-state index in [0.717, 1.165) is 16.9 Å². The summed E-state index contributed by atoms with van der Waals surface area (Å²) >= 11 is 0. The SMILES string of the molecule is Cc1ccccc1N(N)c1ccc(F)cc1. The number of hydrogen-bond acceptors (Lipinski definition) is 2. The lowest BCUT2D eigenvalue weighted by Crippen LogP contribution is -2.25. The van der Waals surface area contributed by atoms with Gasteiger partial charge in [0.1, 0.15) is 5.82 Å². The third kappa shape index (κ3) is 2.04. The molecular weight excluding hydrogens is 203 g/mol. The van der Waals surface area contributed by atoms with Gasteiger partial charge in [-0.1, -0.05) is 18.2 Å². The molecule has 2 rings (SSSR count). The van der Waals surface area contributed by atoms with Crippen LogP contribution in [0.5, 0.6) is 0 Å². The molecular formula is C13H13FN2. The molecule has 0 spiro atoms. The highest BCUT2D eigenvalue weighted by atomic mass is 19.1. The van der Waals surface area contributed by atoms with E-state index in [0.29, 0.717) is 0 Å². The lowest BCUT2D eigenvalue weighted by molar-refractivity contribution is 0.628. The fraction of sp³-hybridized carbons (Fsp3) is 0.0769. The highest BCUT2D eigenvalue weighted by Crippen LogP contribution is 2.24. The Bertz CT molecular complexity index is 480. The van der Waals surface area contributed by atoms with Crippen molar-refractivity contribution in [2.75, 3.05) is 5.01 Å². The Kier molecular flexibility index (Phi) is 2.88. The van der Waals surface area contributed by atoms with E-state index in [-0.39, 0.29) is 5.82 Å². The molecule has 82 valence electrons. The highest BCUT2D eigenvalue weighted by molar-refractivity contribution is 5.64. The summed E-state index contributed by atoms with van der Waals surface area (Å²) in [5.41, 5.74) is 2.75. The number of anilines is 2. The van der Waals surface area contributed by atoms with Gasteiger partial charge >= 0.3 is 0 Å². The summed E-state index contributed by atoms with van der Waals surface area (Å²) in [6.45, 7) is 1.98. The minimum Gasteiger partial charge on any atom is -0.279 e. The van der Waals surface area contributed by atoms with Crippen LogP contribution in [-0.2, 0) is 0 Å². The van der Waals surface area contributed by atoms with E-state index in [2.05, 4.69) is 0 Å². The van der Waals surface area contributed by atoms with Gasteiger partial charge in [0.05, 0.1) is 11.4 Å². The molecule has 3 heteroatoms. The lowest BCUT2D eigenvalue weighted by atomic mass is 10.2. The van der Waals surface area contributed by atoms with Gasteiger partial charge in [-0.15, -0.1) is 0 Å². The molecule has 0 aliphatic rings. The van der Waals surface area contributed by atoms with Gasteiger partial charge in [-0.05, 0) is 42.8 Å². The molecule has 2 N–H and O–H groups in total. The van der Waals surface area contributed by atoms with E-state index in [1.807, 2.05) is 31.2 Å². The quantitative estimate of drug-likeness (QED) is 0.617. The Balaban J connectivity index is 2.35. The first-order valence-electron chi connectivity index (χ1n) is 5.04. The fourth-order valence-electron chi connectivity index (χ4n) is 1.57. The van der Waals surface area contributed by atoms with Gasteiger partial charge in [0, 0.05) is 0 Å². The maximum Gasteiger partial charge on any atom is 0.123 e. The van der Waals surface area contributed by atoms with Crippen LogP contribution >= 0.6 is 0 Å². The minimum atomic E-state index is -0.262. The molecule has 2 nitrogen and oxygen atoms in total. The molecule has 0 fully saturated rings. The normalized spacial score (nSPS) is 10.2. The van der Waals surface area contributed by atoms with Crippen LogP contribution in [0.25, 0.3) is 0 Å². The molecule has 0 atom stereocenters. The van der Waals surface area contributed by atoms with Crippen LogP contribution in [0, 0.1) is 12.7 Å². The van der Waals surface area contributed by atoms with Crippen LogP contribution in [0.15, 0.2) is 48.5 Å². The second kappa shape index (κ2) is 4.33. The van der Waals surface area contributed by atoms with Crippen LogP contribution in [0.4, 0.5) is 15.8 Å². The minimum absolute atomic E-state index is 0.262. The average molecular weight is 216 g/mol.